The summed E-state index contributed by atoms with van der Waals surface area (Å²) < 4.78 is 0. The second kappa shape index (κ2) is 8.64. The number of nitrogens with zero attached hydrogens (tertiary/aromatic N) is 1. The van der Waals surface area contributed by atoms with Crippen molar-refractivity contribution in [2.45, 2.75) is 9.79 Å². The van der Waals surface area contributed by atoms with Crippen molar-refractivity contribution in [3.63, 3.8) is 0 Å². The number of amides is 2. The fraction of sp³-hybridized carbons (Fsp3) is 0. The predicted molar refractivity (Wildman–Crippen MR) is 109 cm³/mol. The van der Waals surface area contributed by atoms with E-state index in [2.05, 4.69) is 15.6 Å². The maximum atomic E-state index is 12.3. The van der Waals surface area contributed by atoms with E-state index in [0.29, 0.717) is 31.3 Å². The molecule has 0 saturated heterocycles. The number of anilines is 2. The number of carbonyl (C=O) groups is 1. The first-order chi connectivity index (χ1) is 12.5. The lowest BCUT2D eigenvalue weighted by Crippen LogP contribution is -2.19. The molecule has 0 bridgehead atoms. The lowest BCUT2D eigenvalue weighted by Gasteiger charge is -2.13. The summed E-state index contributed by atoms with van der Waals surface area (Å²) in [5, 5.41) is 7.07. The van der Waals surface area contributed by atoms with Gasteiger partial charge in [-0.2, -0.15) is 0 Å². The van der Waals surface area contributed by atoms with Crippen LogP contribution in [0.2, 0.25) is 15.1 Å². The quantitative estimate of drug-likeness (QED) is 0.482. The molecule has 3 aromatic rings. The lowest BCUT2D eigenvalue weighted by molar-refractivity contribution is 0.262. The normalized spacial score (nSPS) is 10.4. The van der Waals surface area contributed by atoms with Crippen LogP contribution in [0.5, 0.6) is 0 Å². The molecule has 0 radical (unpaired) electrons. The van der Waals surface area contributed by atoms with E-state index in [1.807, 2.05) is 18.2 Å². The zero-order valence-corrected chi connectivity index (χ0v) is 16.3. The summed E-state index contributed by atoms with van der Waals surface area (Å²) in [5.74, 6) is 0. The van der Waals surface area contributed by atoms with Crippen molar-refractivity contribution in [2.24, 2.45) is 0 Å². The Labute approximate surface area is 169 Å². The summed E-state index contributed by atoms with van der Waals surface area (Å²) in [4.78, 5) is 17.7. The first-order valence-electron chi connectivity index (χ1n) is 7.42. The van der Waals surface area contributed by atoms with Gasteiger partial charge in [0.1, 0.15) is 0 Å². The Hall–Kier alpha value is -1.92. The highest BCUT2D eigenvalue weighted by atomic mass is 35.5. The Morgan fingerprint density at radius 1 is 0.885 bits per heavy atom. The highest BCUT2D eigenvalue weighted by Crippen LogP contribution is 2.40. The molecule has 2 N–H and O–H groups in total. The number of aromatic nitrogens is 1. The molecule has 1 heterocycles. The minimum atomic E-state index is -0.368. The van der Waals surface area contributed by atoms with Crippen LogP contribution < -0.4 is 10.6 Å². The summed E-state index contributed by atoms with van der Waals surface area (Å²) in [5.41, 5.74) is 1.27. The van der Waals surface area contributed by atoms with Gasteiger partial charge in [-0.3, -0.25) is 4.98 Å². The zero-order chi connectivity index (χ0) is 18.5. The maximum absolute atomic E-state index is 12.3. The van der Waals surface area contributed by atoms with Gasteiger partial charge in [-0.05, 0) is 36.4 Å². The summed E-state index contributed by atoms with van der Waals surface area (Å²) >= 11 is 19.6. The second-order valence-electron chi connectivity index (χ2n) is 5.12. The van der Waals surface area contributed by atoms with E-state index in [1.165, 1.54) is 24.2 Å². The highest BCUT2D eigenvalue weighted by molar-refractivity contribution is 7.99. The molecule has 2 aromatic carbocycles. The lowest BCUT2D eigenvalue weighted by atomic mass is 10.3. The molecule has 0 unspecified atom stereocenters. The van der Waals surface area contributed by atoms with Crippen LogP contribution in [0.15, 0.2) is 70.7 Å². The van der Waals surface area contributed by atoms with Crippen LogP contribution in [0.3, 0.4) is 0 Å². The van der Waals surface area contributed by atoms with Gasteiger partial charge in [-0.1, -0.05) is 58.7 Å². The van der Waals surface area contributed by atoms with Crippen LogP contribution in [-0.4, -0.2) is 11.0 Å². The first-order valence-corrected chi connectivity index (χ1v) is 9.37. The van der Waals surface area contributed by atoms with E-state index in [4.69, 9.17) is 34.8 Å². The molecule has 3 rings (SSSR count). The van der Waals surface area contributed by atoms with Crippen LogP contribution in [0.25, 0.3) is 0 Å². The number of urea groups is 1. The number of rotatable bonds is 4. The Kier molecular flexibility index (Phi) is 6.27. The van der Waals surface area contributed by atoms with Crippen molar-refractivity contribution < 1.29 is 4.79 Å². The molecule has 1 aromatic heterocycles. The zero-order valence-electron chi connectivity index (χ0n) is 13.2. The molecular formula is C18H12Cl3N3OS. The monoisotopic (exact) mass is 423 g/mol. The molecule has 0 spiro atoms. The van der Waals surface area contributed by atoms with Gasteiger partial charge in [0.15, 0.2) is 0 Å². The molecule has 8 heteroatoms. The van der Waals surface area contributed by atoms with Crippen LogP contribution >= 0.6 is 46.6 Å². The topological polar surface area (TPSA) is 54.0 Å². The number of para-hydroxylation sites is 1. The molecule has 0 saturated carbocycles. The van der Waals surface area contributed by atoms with Crippen LogP contribution in [0.1, 0.15) is 0 Å². The SMILES string of the molecule is O=C(Nc1ccc(Cl)cc1)Nc1ccccc1Sc1c(Cl)cncc1Cl. The minimum Gasteiger partial charge on any atom is -0.308 e. The molecule has 0 aliphatic carbocycles. The Morgan fingerprint density at radius 2 is 1.54 bits per heavy atom. The number of halogens is 3. The molecule has 0 atom stereocenters. The molecule has 4 nitrogen and oxygen atoms in total. The standard InChI is InChI=1S/C18H12Cl3N3OS/c19-11-5-7-12(8-6-11)23-18(25)24-15-3-1-2-4-16(15)26-17-13(20)9-22-10-14(17)21/h1-10H,(H2,23,24,25). The number of hydrogen-bond acceptors (Lipinski definition) is 3. The number of pyridine rings is 1. The largest absolute Gasteiger partial charge is 0.323 e. The van der Waals surface area contributed by atoms with Gasteiger partial charge in [-0.15, -0.1) is 0 Å². The van der Waals surface area contributed by atoms with Gasteiger partial charge in [0, 0.05) is 28.0 Å². The molecule has 0 aliphatic rings. The average molecular weight is 425 g/mol. The molecule has 0 fully saturated rings. The second-order valence-corrected chi connectivity index (χ2v) is 7.42. The van der Waals surface area contributed by atoms with Gasteiger partial charge in [0.2, 0.25) is 0 Å². The van der Waals surface area contributed by atoms with E-state index in [0.717, 1.165) is 4.90 Å². The van der Waals surface area contributed by atoms with Crippen molar-refractivity contribution in [1.82, 2.24) is 4.98 Å². The smallest absolute Gasteiger partial charge is 0.308 e. The number of carbonyl (C=O) groups excluding carboxylic acids is 1. The minimum absolute atomic E-state index is 0.368. The molecule has 0 aliphatic heterocycles. The third-order valence-corrected chi connectivity index (χ3v) is 5.53. The average Bonchev–Trinajstić information content (AvgIpc) is 2.61. The van der Waals surface area contributed by atoms with Crippen molar-refractivity contribution in [2.75, 3.05) is 10.6 Å². The van der Waals surface area contributed by atoms with E-state index in [1.54, 1.807) is 30.3 Å². The van der Waals surface area contributed by atoms with Gasteiger partial charge in [-0.25, -0.2) is 4.79 Å². The number of benzene rings is 2. The summed E-state index contributed by atoms with van der Waals surface area (Å²) in [6.45, 7) is 0. The van der Waals surface area contributed by atoms with Gasteiger partial charge < -0.3 is 10.6 Å². The number of nitrogens with one attached hydrogen (secondary N) is 2. The Bertz CT molecular complexity index is 915. The molecular weight excluding hydrogens is 413 g/mol. The molecule has 2 amide bonds. The predicted octanol–water partition coefficient (Wildman–Crippen LogP) is 6.84. The van der Waals surface area contributed by atoms with Crippen molar-refractivity contribution in [3.8, 4) is 0 Å². The Morgan fingerprint density at radius 3 is 2.23 bits per heavy atom. The van der Waals surface area contributed by atoms with E-state index < -0.39 is 0 Å². The van der Waals surface area contributed by atoms with Crippen molar-refractivity contribution in [3.05, 3.63) is 76.0 Å². The molecule has 26 heavy (non-hydrogen) atoms. The van der Waals surface area contributed by atoms with Crippen molar-refractivity contribution >= 4 is 64.0 Å². The highest BCUT2D eigenvalue weighted by Gasteiger charge is 2.12. The van der Waals surface area contributed by atoms with Crippen molar-refractivity contribution in [1.29, 1.82) is 0 Å². The Balaban J connectivity index is 1.76. The third-order valence-electron chi connectivity index (χ3n) is 3.26. The van der Waals surface area contributed by atoms with Crippen LogP contribution in [0, 0.1) is 0 Å². The maximum Gasteiger partial charge on any atom is 0.323 e. The molecule has 132 valence electrons. The summed E-state index contributed by atoms with van der Waals surface area (Å²) in [6.07, 6.45) is 3.05. The summed E-state index contributed by atoms with van der Waals surface area (Å²) in [7, 11) is 0. The fourth-order valence-corrected chi connectivity index (χ4v) is 3.70. The van der Waals surface area contributed by atoms with Gasteiger partial charge >= 0.3 is 6.03 Å². The number of hydrogen-bond donors (Lipinski definition) is 2. The summed E-state index contributed by atoms with van der Waals surface area (Å²) in [6, 6.07) is 13.8. The first kappa shape index (κ1) is 18.9. The van der Waals surface area contributed by atoms with E-state index >= 15 is 0 Å². The fourth-order valence-electron chi connectivity index (χ4n) is 2.08. The van der Waals surface area contributed by atoms with E-state index in [9.17, 15) is 4.79 Å². The van der Waals surface area contributed by atoms with Crippen LogP contribution in [0.4, 0.5) is 16.2 Å². The van der Waals surface area contributed by atoms with Gasteiger partial charge in [0.25, 0.3) is 0 Å². The van der Waals surface area contributed by atoms with Gasteiger partial charge in [0.05, 0.1) is 20.6 Å². The third kappa shape index (κ3) is 4.83. The van der Waals surface area contributed by atoms with Crippen LogP contribution in [-0.2, 0) is 0 Å². The van der Waals surface area contributed by atoms with E-state index in [-0.39, 0.29) is 6.03 Å².